The lowest BCUT2D eigenvalue weighted by Crippen LogP contribution is -2.52. The summed E-state index contributed by atoms with van der Waals surface area (Å²) in [6.45, 7) is 2.98. The Morgan fingerprint density at radius 1 is 1.19 bits per heavy atom. The fraction of sp³-hybridized carbons (Fsp3) is 1.00. The molecule has 3 aliphatic heterocycles. The first-order valence-corrected chi connectivity index (χ1v) is 7.60. The summed E-state index contributed by atoms with van der Waals surface area (Å²) < 4.78 is 12.2. The largest absolute Gasteiger partial charge is 0.375 e. The first-order valence-electron chi connectivity index (χ1n) is 6.44. The Morgan fingerprint density at radius 3 is 2.69 bits per heavy atom. The molecule has 1 N–H and O–H groups in total. The molecule has 0 aromatic rings. The van der Waals surface area contributed by atoms with Crippen molar-refractivity contribution in [3.63, 3.8) is 0 Å². The minimum absolute atomic E-state index is 0.172. The van der Waals surface area contributed by atoms with Gasteiger partial charge in [0.1, 0.15) is 0 Å². The first-order chi connectivity index (χ1) is 7.86. The van der Waals surface area contributed by atoms with Gasteiger partial charge in [-0.15, -0.1) is 0 Å². The van der Waals surface area contributed by atoms with E-state index in [4.69, 9.17) is 9.47 Å². The average molecular weight is 243 g/mol. The molecule has 0 aromatic heterocycles. The second-order valence-corrected chi connectivity index (χ2v) is 6.40. The summed E-state index contributed by atoms with van der Waals surface area (Å²) in [4.78, 5) is 0. The van der Waals surface area contributed by atoms with Gasteiger partial charge in [0.15, 0.2) is 0 Å². The Kier molecular flexibility index (Phi) is 3.43. The van der Waals surface area contributed by atoms with Gasteiger partial charge in [-0.25, -0.2) is 0 Å². The van der Waals surface area contributed by atoms with Crippen molar-refractivity contribution in [1.82, 2.24) is 5.32 Å². The van der Waals surface area contributed by atoms with E-state index >= 15 is 0 Å². The summed E-state index contributed by atoms with van der Waals surface area (Å²) in [5.74, 6) is 2.52. The molecule has 0 amide bonds. The summed E-state index contributed by atoms with van der Waals surface area (Å²) in [5, 5.41) is 3.26. The average Bonchev–Trinajstić information content (AvgIpc) is 2.25. The Hall–Kier alpha value is 0.230. The van der Waals surface area contributed by atoms with Gasteiger partial charge in [-0.1, -0.05) is 0 Å². The molecule has 0 radical (unpaired) electrons. The van der Waals surface area contributed by atoms with E-state index in [9.17, 15) is 0 Å². The van der Waals surface area contributed by atoms with Gasteiger partial charge >= 0.3 is 0 Å². The van der Waals surface area contributed by atoms with E-state index in [1.54, 1.807) is 0 Å². The lowest BCUT2D eigenvalue weighted by Gasteiger charge is -2.44. The van der Waals surface area contributed by atoms with Crippen LogP contribution in [0, 0.1) is 0 Å². The molecule has 92 valence electrons. The standard InChI is InChI=1S/C12H21NO2S/c1-4-14-12(2-5-16-6-3-12)7-10(1)15-11-8-13-9-11/h10-11,13H,1-9H2. The van der Waals surface area contributed by atoms with Crippen molar-refractivity contribution in [3.05, 3.63) is 0 Å². The molecular weight excluding hydrogens is 222 g/mol. The van der Waals surface area contributed by atoms with Gasteiger partial charge in [0.2, 0.25) is 0 Å². The normalized spacial score (nSPS) is 34.9. The van der Waals surface area contributed by atoms with Crippen LogP contribution in [0.5, 0.6) is 0 Å². The van der Waals surface area contributed by atoms with Crippen molar-refractivity contribution in [3.8, 4) is 0 Å². The van der Waals surface area contributed by atoms with Crippen LogP contribution in [-0.4, -0.2) is 49.0 Å². The molecule has 16 heavy (non-hydrogen) atoms. The molecule has 3 heterocycles. The van der Waals surface area contributed by atoms with Gasteiger partial charge in [-0.2, -0.15) is 11.8 Å². The Morgan fingerprint density at radius 2 is 2.00 bits per heavy atom. The molecule has 1 unspecified atom stereocenters. The van der Waals surface area contributed by atoms with E-state index in [-0.39, 0.29) is 5.60 Å². The SMILES string of the molecule is C1CC(OC2CNC2)CC2(CCSCC2)O1. The maximum absolute atomic E-state index is 6.11. The molecule has 4 heteroatoms. The quantitative estimate of drug-likeness (QED) is 0.794. The summed E-state index contributed by atoms with van der Waals surface area (Å²) in [5.41, 5.74) is 0.172. The number of rotatable bonds is 2. The molecule has 0 bridgehead atoms. The second-order valence-electron chi connectivity index (χ2n) is 5.17. The molecule has 3 rings (SSSR count). The molecule has 3 nitrogen and oxygen atoms in total. The molecular formula is C12H21NO2S. The van der Waals surface area contributed by atoms with Gasteiger partial charge in [-0.05, 0) is 30.8 Å². The van der Waals surface area contributed by atoms with Gasteiger partial charge in [-0.3, -0.25) is 0 Å². The smallest absolute Gasteiger partial charge is 0.0827 e. The number of nitrogens with one attached hydrogen (secondary N) is 1. The monoisotopic (exact) mass is 243 g/mol. The predicted octanol–water partition coefficient (Wildman–Crippen LogP) is 1.42. The van der Waals surface area contributed by atoms with Crippen LogP contribution in [0.25, 0.3) is 0 Å². The molecule has 3 fully saturated rings. The summed E-state index contributed by atoms with van der Waals surface area (Å²) in [6, 6.07) is 0. The maximum Gasteiger partial charge on any atom is 0.0827 e. The molecule has 3 aliphatic rings. The van der Waals surface area contributed by atoms with Crippen LogP contribution >= 0.6 is 11.8 Å². The Balaban J connectivity index is 1.55. The van der Waals surface area contributed by atoms with Crippen LogP contribution in [0.4, 0.5) is 0 Å². The van der Waals surface area contributed by atoms with E-state index in [1.807, 2.05) is 0 Å². The number of hydrogen-bond donors (Lipinski definition) is 1. The minimum Gasteiger partial charge on any atom is -0.375 e. The number of hydrogen-bond acceptors (Lipinski definition) is 4. The highest BCUT2D eigenvalue weighted by Gasteiger charge is 2.40. The zero-order valence-corrected chi connectivity index (χ0v) is 10.6. The topological polar surface area (TPSA) is 30.5 Å². The second kappa shape index (κ2) is 4.84. The Labute approximate surface area is 102 Å². The summed E-state index contributed by atoms with van der Waals surface area (Å²) in [7, 11) is 0. The zero-order chi connectivity index (χ0) is 10.8. The number of thioether (sulfide) groups is 1. The van der Waals surface area contributed by atoms with Crippen LogP contribution in [0.15, 0.2) is 0 Å². The predicted molar refractivity (Wildman–Crippen MR) is 66.0 cm³/mol. The van der Waals surface area contributed by atoms with Crippen LogP contribution in [0.3, 0.4) is 0 Å². The fourth-order valence-electron chi connectivity index (χ4n) is 2.82. The van der Waals surface area contributed by atoms with Crippen molar-refractivity contribution < 1.29 is 9.47 Å². The molecule has 0 aromatic carbocycles. The van der Waals surface area contributed by atoms with E-state index in [0.717, 1.165) is 32.5 Å². The van der Waals surface area contributed by atoms with Crippen LogP contribution in [0.2, 0.25) is 0 Å². The third kappa shape index (κ3) is 2.40. The van der Waals surface area contributed by atoms with Gasteiger partial charge in [0.25, 0.3) is 0 Å². The van der Waals surface area contributed by atoms with E-state index in [2.05, 4.69) is 17.1 Å². The van der Waals surface area contributed by atoms with Gasteiger partial charge in [0, 0.05) is 26.1 Å². The van der Waals surface area contributed by atoms with Crippen molar-refractivity contribution >= 4 is 11.8 Å². The van der Waals surface area contributed by atoms with Gasteiger partial charge < -0.3 is 14.8 Å². The van der Waals surface area contributed by atoms with Crippen molar-refractivity contribution in [2.24, 2.45) is 0 Å². The van der Waals surface area contributed by atoms with E-state index in [0.29, 0.717) is 12.2 Å². The number of ether oxygens (including phenoxy) is 2. The van der Waals surface area contributed by atoms with Crippen molar-refractivity contribution in [2.45, 2.75) is 43.5 Å². The molecule has 0 saturated carbocycles. The first kappa shape index (κ1) is 11.3. The Bertz CT molecular complexity index is 234. The van der Waals surface area contributed by atoms with E-state index in [1.165, 1.54) is 24.3 Å². The highest BCUT2D eigenvalue weighted by Crippen LogP contribution is 2.38. The molecule has 3 saturated heterocycles. The lowest BCUT2D eigenvalue weighted by atomic mass is 9.86. The van der Waals surface area contributed by atoms with Crippen LogP contribution in [0.1, 0.15) is 25.7 Å². The van der Waals surface area contributed by atoms with Crippen LogP contribution < -0.4 is 5.32 Å². The van der Waals surface area contributed by atoms with Gasteiger partial charge in [0.05, 0.1) is 17.8 Å². The molecule has 0 aliphatic carbocycles. The minimum atomic E-state index is 0.172. The zero-order valence-electron chi connectivity index (χ0n) is 9.74. The highest BCUT2D eigenvalue weighted by atomic mass is 32.2. The maximum atomic E-state index is 6.11. The highest BCUT2D eigenvalue weighted by molar-refractivity contribution is 7.99. The summed E-state index contributed by atoms with van der Waals surface area (Å²) in [6.07, 6.45) is 5.58. The fourth-order valence-corrected chi connectivity index (χ4v) is 4.06. The lowest BCUT2D eigenvalue weighted by molar-refractivity contribution is -0.156. The third-order valence-corrected chi connectivity index (χ3v) is 4.97. The summed E-state index contributed by atoms with van der Waals surface area (Å²) >= 11 is 2.06. The van der Waals surface area contributed by atoms with E-state index < -0.39 is 0 Å². The molecule has 1 spiro atoms. The third-order valence-electron chi connectivity index (χ3n) is 3.98. The van der Waals surface area contributed by atoms with Crippen molar-refractivity contribution in [2.75, 3.05) is 31.2 Å². The molecule has 1 atom stereocenters. The van der Waals surface area contributed by atoms with Crippen LogP contribution in [-0.2, 0) is 9.47 Å². The van der Waals surface area contributed by atoms with Crippen molar-refractivity contribution in [1.29, 1.82) is 0 Å².